The van der Waals surface area contributed by atoms with Crippen LogP contribution < -0.4 is 10.5 Å². The molecule has 1 aromatic carbocycles. The third kappa shape index (κ3) is 3.29. The Hall–Kier alpha value is -2.04. The number of benzene rings is 1. The van der Waals surface area contributed by atoms with Gasteiger partial charge in [0.2, 0.25) is 0 Å². The summed E-state index contributed by atoms with van der Waals surface area (Å²) in [5, 5.41) is 0. The maximum atomic E-state index is 12.1. The number of hydrogen-bond acceptors (Lipinski definition) is 3. The molecule has 1 aromatic rings. The number of likely N-dealkylation sites (tertiary alicyclic amines) is 1. The van der Waals surface area contributed by atoms with E-state index in [2.05, 4.69) is 6.92 Å². The number of carbonyl (C=O) groups is 2. The molecule has 0 saturated carbocycles. The van der Waals surface area contributed by atoms with Crippen LogP contribution in [-0.4, -0.2) is 35.9 Å². The molecule has 0 radical (unpaired) electrons. The predicted molar refractivity (Wildman–Crippen MR) is 75.5 cm³/mol. The fourth-order valence-corrected chi connectivity index (χ4v) is 2.49. The van der Waals surface area contributed by atoms with Gasteiger partial charge in [0.1, 0.15) is 5.75 Å². The van der Waals surface area contributed by atoms with E-state index in [1.807, 2.05) is 4.90 Å². The number of primary amides is 1. The van der Waals surface area contributed by atoms with Crippen molar-refractivity contribution in [2.75, 3.05) is 13.2 Å². The zero-order valence-electron chi connectivity index (χ0n) is 11.7. The van der Waals surface area contributed by atoms with Gasteiger partial charge in [0.15, 0.2) is 6.61 Å². The van der Waals surface area contributed by atoms with Gasteiger partial charge in [0, 0.05) is 12.6 Å². The Balaban J connectivity index is 1.98. The van der Waals surface area contributed by atoms with Crippen LogP contribution in [0, 0.1) is 0 Å². The summed E-state index contributed by atoms with van der Waals surface area (Å²) >= 11 is 0. The molecule has 1 aliphatic rings. The highest BCUT2D eigenvalue weighted by molar-refractivity contribution is 5.95. The molecule has 2 rings (SSSR count). The van der Waals surface area contributed by atoms with Crippen LogP contribution in [-0.2, 0) is 4.79 Å². The minimum atomic E-state index is -0.556. The van der Waals surface area contributed by atoms with Crippen LogP contribution in [0.25, 0.3) is 0 Å². The summed E-state index contributed by atoms with van der Waals surface area (Å²) in [7, 11) is 0. The van der Waals surface area contributed by atoms with Crippen molar-refractivity contribution in [1.29, 1.82) is 0 Å². The van der Waals surface area contributed by atoms with Gasteiger partial charge >= 0.3 is 0 Å². The highest BCUT2D eigenvalue weighted by Gasteiger charge is 2.23. The summed E-state index contributed by atoms with van der Waals surface area (Å²) < 4.78 is 5.47. The number of nitrogens with zero attached hydrogens (tertiary/aromatic N) is 1. The number of hydrogen-bond donors (Lipinski definition) is 1. The summed E-state index contributed by atoms with van der Waals surface area (Å²) in [6.07, 6.45) is 3.23. The van der Waals surface area contributed by atoms with Crippen LogP contribution in [0.5, 0.6) is 5.75 Å². The lowest BCUT2D eigenvalue weighted by molar-refractivity contribution is -0.136. The smallest absolute Gasteiger partial charge is 0.260 e. The normalized spacial score (nSPS) is 18.6. The largest absolute Gasteiger partial charge is 0.483 e. The lowest BCUT2D eigenvalue weighted by atomic mass is 10.0. The molecule has 1 unspecified atom stereocenters. The average molecular weight is 276 g/mol. The maximum absolute atomic E-state index is 12.1. The first kappa shape index (κ1) is 14.4. The number of nitrogens with two attached hydrogens (primary N) is 1. The van der Waals surface area contributed by atoms with Crippen LogP contribution in [0.3, 0.4) is 0 Å². The predicted octanol–water partition coefficient (Wildman–Crippen LogP) is 1.57. The summed E-state index contributed by atoms with van der Waals surface area (Å²) in [6.45, 7) is 2.77. The van der Waals surface area contributed by atoms with Crippen molar-refractivity contribution in [2.24, 2.45) is 5.73 Å². The van der Waals surface area contributed by atoms with Crippen molar-refractivity contribution in [1.82, 2.24) is 4.90 Å². The fourth-order valence-electron chi connectivity index (χ4n) is 2.49. The Morgan fingerprint density at radius 3 is 2.80 bits per heavy atom. The molecule has 5 heteroatoms. The van der Waals surface area contributed by atoms with E-state index >= 15 is 0 Å². The Morgan fingerprint density at radius 1 is 1.35 bits per heavy atom. The van der Waals surface area contributed by atoms with Crippen molar-refractivity contribution >= 4 is 11.8 Å². The molecule has 0 bridgehead atoms. The third-order valence-electron chi connectivity index (χ3n) is 3.63. The summed E-state index contributed by atoms with van der Waals surface area (Å²) in [4.78, 5) is 25.3. The SMILES string of the molecule is CC1CCCCN1C(=O)COc1ccccc1C(N)=O. The Bertz CT molecular complexity index is 502. The lowest BCUT2D eigenvalue weighted by Crippen LogP contribution is -2.44. The van der Waals surface area contributed by atoms with Crippen molar-refractivity contribution in [3.05, 3.63) is 29.8 Å². The van der Waals surface area contributed by atoms with Crippen LogP contribution in [0.2, 0.25) is 0 Å². The second-order valence-corrected chi connectivity index (χ2v) is 5.08. The summed E-state index contributed by atoms with van der Waals surface area (Å²) in [5.41, 5.74) is 5.57. The van der Waals surface area contributed by atoms with Gasteiger partial charge in [-0.1, -0.05) is 12.1 Å². The molecule has 0 aromatic heterocycles. The van der Waals surface area contributed by atoms with Gasteiger partial charge in [-0.25, -0.2) is 0 Å². The molecule has 1 atom stereocenters. The van der Waals surface area contributed by atoms with Crippen LogP contribution in [0.1, 0.15) is 36.5 Å². The van der Waals surface area contributed by atoms with Gasteiger partial charge in [-0.2, -0.15) is 0 Å². The Morgan fingerprint density at radius 2 is 2.10 bits per heavy atom. The molecule has 0 aliphatic carbocycles. The first-order valence-electron chi connectivity index (χ1n) is 6.90. The average Bonchev–Trinajstić information content (AvgIpc) is 2.45. The maximum Gasteiger partial charge on any atom is 0.260 e. The molecular weight excluding hydrogens is 256 g/mol. The van der Waals surface area contributed by atoms with Gasteiger partial charge in [0.25, 0.3) is 11.8 Å². The van der Waals surface area contributed by atoms with Crippen molar-refractivity contribution in [2.45, 2.75) is 32.2 Å². The molecule has 108 valence electrons. The molecule has 5 nitrogen and oxygen atoms in total. The number of para-hydroxylation sites is 1. The molecule has 1 saturated heterocycles. The molecule has 2 amide bonds. The standard InChI is InChI=1S/C15H20N2O3/c1-11-6-4-5-9-17(11)14(18)10-20-13-8-3-2-7-12(13)15(16)19/h2-3,7-8,11H,4-6,9-10H2,1H3,(H2,16,19). The second kappa shape index (κ2) is 6.41. The first-order chi connectivity index (χ1) is 9.59. The van der Waals surface area contributed by atoms with E-state index in [0.29, 0.717) is 11.3 Å². The highest BCUT2D eigenvalue weighted by atomic mass is 16.5. The number of ether oxygens (including phenoxy) is 1. The molecule has 1 fully saturated rings. The number of carbonyl (C=O) groups excluding carboxylic acids is 2. The van der Waals surface area contributed by atoms with Gasteiger partial charge in [-0.15, -0.1) is 0 Å². The van der Waals surface area contributed by atoms with Gasteiger partial charge in [-0.05, 0) is 38.3 Å². The zero-order valence-corrected chi connectivity index (χ0v) is 11.7. The van der Waals surface area contributed by atoms with Crippen LogP contribution in [0.15, 0.2) is 24.3 Å². The molecule has 1 aliphatic heterocycles. The van der Waals surface area contributed by atoms with Gasteiger partial charge < -0.3 is 15.4 Å². The zero-order chi connectivity index (χ0) is 14.5. The van der Waals surface area contributed by atoms with Crippen molar-refractivity contribution < 1.29 is 14.3 Å². The monoisotopic (exact) mass is 276 g/mol. The third-order valence-corrected chi connectivity index (χ3v) is 3.63. The number of piperidine rings is 1. The highest BCUT2D eigenvalue weighted by Crippen LogP contribution is 2.19. The molecule has 1 heterocycles. The molecular formula is C15H20N2O3. The Labute approximate surface area is 118 Å². The lowest BCUT2D eigenvalue weighted by Gasteiger charge is -2.33. The van der Waals surface area contributed by atoms with Gasteiger partial charge in [-0.3, -0.25) is 9.59 Å². The second-order valence-electron chi connectivity index (χ2n) is 5.08. The fraction of sp³-hybridized carbons (Fsp3) is 0.467. The van der Waals surface area contributed by atoms with E-state index < -0.39 is 5.91 Å². The molecule has 20 heavy (non-hydrogen) atoms. The molecule has 2 N–H and O–H groups in total. The van der Waals surface area contributed by atoms with E-state index in [0.717, 1.165) is 25.8 Å². The van der Waals surface area contributed by atoms with E-state index in [1.165, 1.54) is 0 Å². The number of rotatable bonds is 4. The van der Waals surface area contributed by atoms with Crippen LogP contribution >= 0.6 is 0 Å². The minimum absolute atomic E-state index is 0.0449. The quantitative estimate of drug-likeness (QED) is 0.907. The summed E-state index contributed by atoms with van der Waals surface area (Å²) in [5.74, 6) is -0.242. The summed E-state index contributed by atoms with van der Waals surface area (Å²) in [6, 6.07) is 6.95. The van der Waals surface area contributed by atoms with Crippen LogP contribution in [0.4, 0.5) is 0 Å². The Kier molecular flexibility index (Phi) is 4.61. The van der Waals surface area contributed by atoms with E-state index in [4.69, 9.17) is 10.5 Å². The van der Waals surface area contributed by atoms with Crippen molar-refractivity contribution in [3.63, 3.8) is 0 Å². The van der Waals surface area contributed by atoms with E-state index in [9.17, 15) is 9.59 Å². The number of amides is 2. The topological polar surface area (TPSA) is 72.6 Å². The first-order valence-corrected chi connectivity index (χ1v) is 6.90. The van der Waals surface area contributed by atoms with Crippen molar-refractivity contribution in [3.8, 4) is 5.75 Å². The van der Waals surface area contributed by atoms with E-state index in [1.54, 1.807) is 24.3 Å². The van der Waals surface area contributed by atoms with Gasteiger partial charge in [0.05, 0.1) is 5.56 Å². The van der Waals surface area contributed by atoms with E-state index in [-0.39, 0.29) is 18.6 Å². The molecule has 0 spiro atoms. The minimum Gasteiger partial charge on any atom is -0.483 e.